The number of amides is 5. The van der Waals surface area contributed by atoms with Gasteiger partial charge in [-0.1, -0.05) is 34.1 Å². The van der Waals surface area contributed by atoms with Crippen molar-refractivity contribution < 1.29 is 33.9 Å². The van der Waals surface area contributed by atoms with Crippen molar-refractivity contribution in [2.45, 2.75) is 77.5 Å². The first-order chi connectivity index (χ1) is 15.2. The van der Waals surface area contributed by atoms with Crippen LogP contribution in [0.5, 0.6) is 0 Å². The summed E-state index contributed by atoms with van der Waals surface area (Å²) in [5.74, 6) is -6.16. The number of hydrogen-bond acceptors (Lipinski definition) is 7. The minimum Gasteiger partial charge on any atom is -0.480 e. The maximum absolute atomic E-state index is 12.7. The van der Waals surface area contributed by atoms with Crippen LogP contribution in [0.15, 0.2) is 0 Å². The summed E-state index contributed by atoms with van der Waals surface area (Å²) in [6.07, 6.45) is -0.487. The van der Waals surface area contributed by atoms with Crippen molar-refractivity contribution in [3.05, 3.63) is 0 Å². The second-order valence-corrected chi connectivity index (χ2v) is 8.41. The van der Waals surface area contributed by atoms with Gasteiger partial charge in [0, 0.05) is 0 Å². The van der Waals surface area contributed by atoms with Crippen LogP contribution in [0.4, 0.5) is 0 Å². The van der Waals surface area contributed by atoms with E-state index >= 15 is 0 Å². The first-order valence-electron chi connectivity index (χ1n) is 10.7. The van der Waals surface area contributed by atoms with Crippen LogP contribution < -0.4 is 33.2 Å². The van der Waals surface area contributed by atoms with E-state index in [0.29, 0.717) is 12.8 Å². The van der Waals surface area contributed by atoms with Crippen LogP contribution in [0, 0.1) is 11.8 Å². The number of carbonyl (C=O) groups is 6. The topological polar surface area (TPSA) is 237 Å². The Morgan fingerprint density at radius 1 is 0.788 bits per heavy atom. The van der Waals surface area contributed by atoms with E-state index in [9.17, 15) is 33.9 Å². The van der Waals surface area contributed by atoms with E-state index in [-0.39, 0.29) is 5.92 Å². The van der Waals surface area contributed by atoms with Gasteiger partial charge in [0.25, 0.3) is 0 Å². The lowest BCUT2D eigenvalue weighted by Gasteiger charge is -2.26. The molecule has 0 saturated heterocycles. The number of nitrogens with one attached hydrogen (secondary N) is 3. The highest BCUT2D eigenvalue weighted by Gasteiger charge is 2.33. The van der Waals surface area contributed by atoms with Crippen LogP contribution >= 0.6 is 0 Å². The quantitative estimate of drug-likeness (QED) is 0.136. The predicted octanol–water partition coefficient (Wildman–Crippen LogP) is -2.30. The SMILES string of the molecule is CCC(C)C(NC(=O)C(CC(N)=O)NC(=O)C(CC(N)=O)NC(=O)C(N)CC(C)C)C(=O)O. The van der Waals surface area contributed by atoms with E-state index in [4.69, 9.17) is 17.2 Å². The highest BCUT2D eigenvalue weighted by Crippen LogP contribution is 2.09. The van der Waals surface area contributed by atoms with E-state index in [1.54, 1.807) is 13.8 Å². The molecule has 0 aliphatic heterocycles. The second kappa shape index (κ2) is 14.0. The first-order valence-corrected chi connectivity index (χ1v) is 10.7. The fourth-order valence-corrected chi connectivity index (χ4v) is 2.92. The summed E-state index contributed by atoms with van der Waals surface area (Å²) in [7, 11) is 0. The molecule has 13 nitrogen and oxygen atoms in total. The average Bonchev–Trinajstić information content (AvgIpc) is 2.68. The van der Waals surface area contributed by atoms with E-state index in [2.05, 4.69) is 16.0 Å². The summed E-state index contributed by atoms with van der Waals surface area (Å²) >= 11 is 0. The molecule has 0 radical (unpaired) electrons. The zero-order valence-corrected chi connectivity index (χ0v) is 19.4. The molecule has 0 rings (SSSR count). The van der Waals surface area contributed by atoms with Crippen molar-refractivity contribution in [3.63, 3.8) is 0 Å². The largest absolute Gasteiger partial charge is 0.480 e. The van der Waals surface area contributed by atoms with Crippen molar-refractivity contribution >= 4 is 35.5 Å². The number of carbonyl (C=O) groups excluding carboxylic acids is 5. The van der Waals surface area contributed by atoms with Gasteiger partial charge in [-0.2, -0.15) is 0 Å². The Morgan fingerprint density at radius 2 is 1.21 bits per heavy atom. The summed E-state index contributed by atoms with van der Waals surface area (Å²) in [6, 6.07) is -5.24. The minimum absolute atomic E-state index is 0.0884. The normalized spacial score (nSPS) is 15.5. The Kier molecular flexibility index (Phi) is 12.7. The van der Waals surface area contributed by atoms with E-state index in [0.717, 1.165) is 0 Å². The molecule has 0 heterocycles. The van der Waals surface area contributed by atoms with Crippen LogP contribution in [0.2, 0.25) is 0 Å². The summed E-state index contributed by atoms with van der Waals surface area (Å²) < 4.78 is 0. The number of aliphatic carboxylic acids is 1. The van der Waals surface area contributed by atoms with Crippen LogP contribution in [-0.4, -0.2) is 64.8 Å². The molecule has 13 heteroatoms. The van der Waals surface area contributed by atoms with Gasteiger partial charge < -0.3 is 38.3 Å². The molecule has 0 saturated carbocycles. The van der Waals surface area contributed by atoms with Gasteiger partial charge in [-0.05, 0) is 18.3 Å². The van der Waals surface area contributed by atoms with Crippen molar-refractivity contribution in [2.75, 3.05) is 0 Å². The van der Waals surface area contributed by atoms with Crippen LogP contribution in [0.3, 0.4) is 0 Å². The molecule has 33 heavy (non-hydrogen) atoms. The predicted molar refractivity (Wildman–Crippen MR) is 118 cm³/mol. The Bertz CT molecular complexity index is 742. The van der Waals surface area contributed by atoms with Crippen LogP contribution in [0.25, 0.3) is 0 Å². The van der Waals surface area contributed by atoms with Crippen molar-refractivity contribution in [1.82, 2.24) is 16.0 Å². The van der Waals surface area contributed by atoms with E-state index in [1.165, 1.54) is 0 Å². The first kappa shape index (κ1) is 29.8. The molecule has 5 amide bonds. The van der Waals surface area contributed by atoms with Gasteiger partial charge in [0.1, 0.15) is 18.1 Å². The van der Waals surface area contributed by atoms with Gasteiger partial charge in [-0.3, -0.25) is 24.0 Å². The number of carboxylic acids is 1. The Morgan fingerprint density at radius 3 is 1.58 bits per heavy atom. The number of nitrogens with two attached hydrogens (primary N) is 3. The molecular weight excluding hydrogens is 436 g/mol. The maximum atomic E-state index is 12.7. The summed E-state index contributed by atoms with van der Waals surface area (Å²) in [4.78, 5) is 72.0. The van der Waals surface area contributed by atoms with Gasteiger partial charge >= 0.3 is 5.97 Å². The van der Waals surface area contributed by atoms with Crippen LogP contribution in [-0.2, 0) is 28.8 Å². The number of primary amides is 2. The monoisotopic (exact) mass is 472 g/mol. The summed E-state index contributed by atoms with van der Waals surface area (Å²) in [6.45, 7) is 7.03. The van der Waals surface area contributed by atoms with E-state index < -0.39 is 78.4 Å². The molecule has 0 aromatic carbocycles. The third-order valence-corrected chi connectivity index (χ3v) is 4.92. The lowest BCUT2D eigenvalue weighted by molar-refractivity contribution is -0.144. The highest BCUT2D eigenvalue weighted by atomic mass is 16.4. The molecular formula is C20H36N6O7. The van der Waals surface area contributed by atoms with Gasteiger partial charge in [0.05, 0.1) is 18.9 Å². The van der Waals surface area contributed by atoms with Crippen molar-refractivity contribution in [3.8, 4) is 0 Å². The fourth-order valence-electron chi connectivity index (χ4n) is 2.92. The molecule has 0 aromatic heterocycles. The number of hydrogen-bond donors (Lipinski definition) is 7. The molecule has 5 atom stereocenters. The molecule has 5 unspecified atom stereocenters. The number of rotatable bonds is 15. The summed E-state index contributed by atoms with van der Waals surface area (Å²) in [5.41, 5.74) is 16.1. The smallest absolute Gasteiger partial charge is 0.326 e. The van der Waals surface area contributed by atoms with Gasteiger partial charge in [0.15, 0.2) is 0 Å². The van der Waals surface area contributed by atoms with Gasteiger partial charge in [-0.15, -0.1) is 0 Å². The molecule has 0 aromatic rings. The maximum Gasteiger partial charge on any atom is 0.326 e. The Balaban J connectivity index is 5.59. The molecule has 0 aliphatic carbocycles. The molecule has 188 valence electrons. The Hall–Kier alpha value is -3.22. The molecule has 0 aliphatic rings. The molecule has 0 bridgehead atoms. The molecule has 10 N–H and O–H groups in total. The lowest BCUT2D eigenvalue weighted by Crippen LogP contribution is -2.58. The minimum atomic E-state index is -1.54. The van der Waals surface area contributed by atoms with Gasteiger partial charge in [-0.25, -0.2) is 4.79 Å². The summed E-state index contributed by atoms with van der Waals surface area (Å²) in [5, 5.41) is 16.2. The standard InChI is InChI=1S/C20H36N6O7/c1-5-10(4)16(20(32)33)26-19(31)13(8-15(23)28)25-18(30)12(7-14(22)27)24-17(29)11(21)6-9(2)3/h9-13,16H,5-8,21H2,1-4H3,(H2,22,27)(H2,23,28)(H,24,29)(H,25,30)(H,26,31)(H,32,33). The average molecular weight is 473 g/mol. The second-order valence-electron chi connectivity index (χ2n) is 8.41. The lowest BCUT2D eigenvalue weighted by atomic mass is 9.98. The van der Waals surface area contributed by atoms with Gasteiger partial charge in [0.2, 0.25) is 29.5 Å². The fraction of sp³-hybridized carbons (Fsp3) is 0.700. The third-order valence-electron chi connectivity index (χ3n) is 4.92. The van der Waals surface area contributed by atoms with Crippen molar-refractivity contribution in [1.29, 1.82) is 0 Å². The highest BCUT2D eigenvalue weighted by molar-refractivity contribution is 5.97. The zero-order chi connectivity index (χ0) is 25.9. The van der Waals surface area contributed by atoms with Crippen LogP contribution in [0.1, 0.15) is 53.4 Å². The number of carboxylic acid groups (broad SMARTS) is 1. The Labute approximate surface area is 192 Å². The molecule has 0 fully saturated rings. The van der Waals surface area contributed by atoms with Crippen molar-refractivity contribution in [2.24, 2.45) is 29.0 Å². The third kappa shape index (κ3) is 11.3. The molecule has 0 spiro atoms. The van der Waals surface area contributed by atoms with E-state index in [1.807, 2.05) is 13.8 Å². The zero-order valence-electron chi connectivity index (χ0n) is 19.4.